The van der Waals surface area contributed by atoms with Gasteiger partial charge in [-0.3, -0.25) is 9.78 Å². The van der Waals surface area contributed by atoms with Crippen LogP contribution in [0, 0.1) is 6.92 Å². The maximum Gasteiger partial charge on any atom is 0.328 e. The molecule has 260 valence electrons. The van der Waals surface area contributed by atoms with Crippen molar-refractivity contribution in [3.05, 3.63) is 82.9 Å². The lowest BCUT2D eigenvalue weighted by molar-refractivity contribution is 0.0948. The molecule has 1 aromatic heterocycles. The number of aromatic nitrogens is 2. The molecule has 1 fully saturated rings. The van der Waals surface area contributed by atoms with Gasteiger partial charge in [0, 0.05) is 30.4 Å². The molecule has 4 rings (SSSR count). The van der Waals surface area contributed by atoms with Crippen molar-refractivity contribution in [1.29, 1.82) is 0 Å². The van der Waals surface area contributed by atoms with Crippen LogP contribution in [0.4, 0.5) is 9.59 Å². The van der Waals surface area contributed by atoms with E-state index in [-0.39, 0.29) is 27.4 Å². The summed E-state index contributed by atoms with van der Waals surface area (Å²) in [6.07, 6.45) is 9.16. The van der Waals surface area contributed by atoms with E-state index in [2.05, 4.69) is 30.6 Å². The zero-order valence-corrected chi connectivity index (χ0v) is 29.1. The molecule has 0 saturated heterocycles. The fourth-order valence-corrected chi connectivity index (χ4v) is 6.44. The third-order valence-electron chi connectivity index (χ3n) is 7.00. The number of urea groups is 2. The second kappa shape index (κ2) is 18.3. The van der Waals surface area contributed by atoms with Gasteiger partial charge in [-0.05, 0) is 74.6 Å². The SMILES string of the molecule is CCCNC(=O)NS(=O)(=O)c1ccc(Cl)cc1.Cc1cnc(C(=O)NCCc2ccc(S(=O)(=O)NC(=O)NC3CCCCC3)cc2)cn1. The van der Waals surface area contributed by atoms with Gasteiger partial charge in [0.25, 0.3) is 26.0 Å². The fraction of sp³-hybridized carbons (Fsp3) is 0.387. The van der Waals surface area contributed by atoms with Crippen LogP contribution < -0.4 is 25.4 Å². The Kier molecular flexibility index (Phi) is 14.6. The fourth-order valence-electron chi connectivity index (χ4n) is 4.47. The largest absolute Gasteiger partial charge is 0.350 e. The first-order valence-electron chi connectivity index (χ1n) is 15.3. The Morgan fingerprint density at radius 1 is 0.771 bits per heavy atom. The minimum Gasteiger partial charge on any atom is -0.350 e. The quantitative estimate of drug-likeness (QED) is 0.195. The first-order valence-corrected chi connectivity index (χ1v) is 18.7. The van der Waals surface area contributed by atoms with Crippen molar-refractivity contribution >= 4 is 49.6 Å². The summed E-state index contributed by atoms with van der Waals surface area (Å²) in [4.78, 5) is 43.4. The van der Waals surface area contributed by atoms with E-state index < -0.39 is 32.1 Å². The molecule has 1 saturated carbocycles. The maximum atomic E-state index is 12.4. The van der Waals surface area contributed by atoms with Crippen LogP contribution >= 0.6 is 11.6 Å². The Bertz CT molecular complexity index is 1730. The van der Waals surface area contributed by atoms with Crippen molar-refractivity contribution in [3.63, 3.8) is 0 Å². The molecule has 0 spiro atoms. The number of hydrogen-bond acceptors (Lipinski definition) is 9. The number of benzene rings is 2. The van der Waals surface area contributed by atoms with Crippen LogP contribution in [0.25, 0.3) is 0 Å². The molecule has 5 N–H and O–H groups in total. The lowest BCUT2D eigenvalue weighted by Crippen LogP contribution is -2.45. The Balaban J connectivity index is 0.000000311. The predicted molar refractivity (Wildman–Crippen MR) is 180 cm³/mol. The van der Waals surface area contributed by atoms with E-state index >= 15 is 0 Å². The lowest BCUT2D eigenvalue weighted by atomic mass is 9.96. The van der Waals surface area contributed by atoms with E-state index in [1.165, 1.54) is 48.8 Å². The highest BCUT2D eigenvalue weighted by Gasteiger charge is 2.21. The second-order valence-corrected chi connectivity index (χ2v) is 14.7. The van der Waals surface area contributed by atoms with Crippen molar-refractivity contribution in [2.45, 2.75) is 74.6 Å². The monoisotopic (exact) mass is 721 g/mol. The van der Waals surface area contributed by atoms with Gasteiger partial charge >= 0.3 is 12.1 Å². The summed E-state index contributed by atoms with van der Waals surface area (Å²) >= 11 is 5.64. The van der Waals surface area contributed by atoms with Crippen LogP contribution in [0.5, 0.6) is 0 Å². The summed E-state index contributed by atoms with van der Waals surface area (Å²) in [7, 11) is -7.77. The van der Waals surface area contributed by atoms with Crippen LogP contribution in [0.1, 0.15) is 67.2 Å². The minimum absolute atomic E-state index is 0.00597. The summed E-state index contributed by atoms with van der Waals surface area (Å²) in [6.45, 7) is 4.44. The van der Waals surface area contributed by atoms with E-state index in [1.54, 1.807) is 19.1 Å². The van der Waals surface area contributed by atoms with Gasteiger partial charge in [0.1, 0.15) is 5.69 Å². The van der Waals surface area contributed by atoms with E-state index in [0.29, 0.717) is 24.5 Å². The van der Waals surface area contributed by atoms with Gasteiger partial charge in [-0.1, -0.05) is 49.9 Å². The molecule has 0 radical (unpaired) electrons. The van der Waals surface area contributed by atoms with Crippen LogP contribution in [0.15, 0.2) is 70.7 Å². The molecule has 0 atom stereocenters. The molecular weight excluding hydrogens is 682 g/mol. The molecule has 1 aliphatic carbocycles. The van der Waals surface area contributed by atoms with Gasteiger partial charge in [0.15, 0.2) is 0 Å². The van der Waals surface area contributed by atoms with Crippen LogP contribution in [-0.2, 0) is 26.5 Å². The van der Waals surface area contributed by atoms with E-state index in [4.69, 9.17) is 11.6 Å². The number of nitrogens with zero attached hydrogens (tertiary/aromatic N) is 2. The van der Waals surface area contributed by atoms with Gasteiger partial charge in [-0.25, -0.2) is 40.9 Å². The molecule has 1 heterocycles. The molecule has 0 unspecified atom stereocenters. The number of halogens is 1. The van der Waals surface area contributed by atoms with Crippen molar-refractivity contribution in [2.24, 2.45) is 0 Å². The molecule has 14 nitrogen and oxygen atoms in total. The molecular formula is C31H40ClN7O7S2. The number of carbonyl (C=O) groups excluding carboxylic acids is 3. The number of amides is 5. The number of hydrogen-bond donors (Lipinski definition) is 5. The summed E-state index contributed by atoms with van der Waals surface area (Å²) in [5.74, 6) is -0.320. The summed E-state index contributed by atoms with van der Waals surface area (Å²) in [6, 6.07) is 10.3. The first kappa shape index (κ1) is 38.2. The number of nitrogens with one attached hydrogen (secondary N) is 5. The average Bonchev–Trinajstić information content (AvgIpc) is 3.05. The summed E-state index contributed by atoms with van der Waals surface area (Å²) < 4.78 is 52.3. The molecule has 0 bridgehead atoms. The number of aryl methyl sites for hydroxylation is 1. The van der Waals surface area contributed by atoms with Gasteiger partial charge in [-0.2, -0.15) is 0 Å². The highest BCUT2D eigenvalue weighted by Crippen LogP contribution is 2.18. The van der Waals surface area contributed by atoms with Crippen LogP contribution in [0.3, 0.4) is 0 Å². The summed E-state index contributed by atoms with van der Waals surface area (Å²) in [5, 5.41) is 8.33. The predicted octanol–water partition coefficient (Wildman–Crippen LogP) is 3.82. The third-order valence-corrected chi connectivity index (χ3v) is 9.95. The smallest absolute Gasteiger partial charge is 0.328 e. The highest BCUT2D eigenvalue weighted by molar-refractivity contribution is 7.90. The standard InChI is InChI=1S/C21H27N5O4S.C10H13ClN2O3S/c1-15-13-24-19(14-23-15)20(27)22-12-11-16-7-9-18(10-8-16)31(29,30)26-21(28)25-17-5-3-2-4-6-17;1-2-7-12-10(14)13-17(15,16)9-5-3-8(11)4-6-9/h7-10,13-14,17H,2-6,11-12H2,1H3,(H,22,27)(H2,25,26,28);3-6H,2,7H2,1H3,(H2,12,13,14). The van der Waals surface area contributed by atoms with Crippen molar-refractivity contribution in [2.75, 3.05) is 13.1 Å². The molecule has 2 aromatic carbocycles. The minimum atomic E-state index is -3.95. The topological polar surface area (TPSA) is 205 Å². The van der Waals surface area contributed by atoms with E-state index in [0.717, 1.165) is 49.8 Å². The first-order chi connectivity index (χ1) is 22.8. The average molecular weight is 722 g/mol. The van der Waals surface area contributed by atoms with Crippen molar-refractivity contribution in [3.8, 4) is 0 Å². The number of carbonyl (C=O) groups is 3. The summed E-state index contributed by atoms with van der Waals surface area (Å²) in [5.41, 5.74) is 1.82. The molecule has 0 aliphatic heterocycles. The second-order valence-electron chi connectivity index (χ2n) is 10.9. The molecule has 3 aromatic rings. The number of sulfonamides is 2. The van der Waals surface area contributed by atoms with E-state index in [1.807, 2.05) is 11.6 Å². The van der Waals surface area contributed by atoms with Gasteiger partial charge in [0.2, 0.25) is 0 Å². The normalized spacial score (nSPS) is 13.3. The Morgan fingerprint density at radius 3 is 1.92 bits per heavy atom. The van der Waals surface area contributed by atoms with Crippen molar-refractivity contribution < 1.29 is 31.2 Å². The third kappa shape index (κ3) is 12.7. The lowest BCUT2D eigenvalue weighted by Gasteiger charge is -2.22. The van der Waals surface area contributed by atoms with Gasteiger partial charge in [-0.15, -0.1) is 0 Å². The highest BCUT2D eigenvalue weighted by atomic mass is 35.5. The zero-order chi connectivity index (χ0) is 35.2. The van der Waals surface area contributed by atoms with Crippen LogP contribution in [-0.4, -0.2) is 63.9 Å². The molecule has 5 amide bonds. The Hall–Kier alpha value is -4.28. The maximum absolute atomic E-state index is 12.4. The zero-order valence-electron chi connectivity index (χ0n) is 26.7. The molecule has 1 aliphatic rings. The molecule has 17 heteroatoms. The van der Waals surface area contributed by atoms with E-state index in [9.17, 15) is 31.2 Å². The Labute approximate surface area is 286 Å². The van der Waals surface area contributed by atoms with Gasteiger partial charge < -0.3 is 16.0 Å². The van der Waals surface area contributed by atoms with Crippen molar-refractivity contribution in [1.82, 2.24) is 35.4 Å². The molecule has 48 heavy (non-hydrogen) atoms. The Morgan fingerprint density at radius 2 is 1.35 bits per heavy atom. The van der Waals surface area contributed by atoms with Gasteiger partial charge in [0.05, 0.1) is 21.7 Å². The van der Waals surface area contributed by atoms with Crippen LogP contribution in [0.2, 0.25) is 5.02 Å². The number of rotatable bonds is 11.